The molecule has 4 heteroatoms. The smallest absolute Gasteiger partial charge is 0.161 e. The summed E-state index contributed by atoms with van der Waals surface area (Å²) in [7, 11) is 1.69. The van der Waals surface area contributed by atoms with Crippen molar-refractivity contribution in [2.75, 3.05) is 20.3 Å². The van der Waals surface area contributed by atoms with Crippen LogP contribution in [-0.4, -0.2) is 41.9 Å². The maximum Gasteiger partial charge on any atom is 0.161 e. The Bertz CT molecular complexity index is 506. The van der Waals surface area contributed by atoms with Gasteiger partial charge < -0.3 is 14.9 Å². The van der Waals surface area contributed by atoms with Crippen molar-refractivity contribution in [2.45, 2.75) is 63.4 Å². The van der Waals surface area contributed by atoms with Crippen LogP contribution in [0.3, 0.4) is 0 Å². The minimum Gasteiger partial charge on any atom is -0.389 e. The summed E-state index contributed by atoms with van der Waals surface area (Å²) in [6.07, 6.45) is 10.1. The summed E-state index contributed by atoms with van der Waals surface area (Å²) in [5.41, 5.74) is -0.605. The topological polar surface area (TPSA) is 66.8 Å². The van der Waals surface area contributed by atoms with Gasteiger partial charge in [0.15, 0.2) is 5.78 Å². The Morgan fingerprint density at radius 1 is 0.960 bits per heavy atom. The van der Waals surface area contributed by atoms with Gasteiger partial charge in [0, 0.05) is 13.0 Å². The van der Waals surface area contributed by atoms with Crippen LogP contribution in [0.5, 0.6) is 0 Å². The van der Waals surface area contributed by atoms with Gasteiger partial charge in [0.1, 0.15) is 6.61 Å². The Hall–Kier alpha value is -0.450. The van der Waals surface area contributed by atoms with Gasteiger partial charge in [-0.1, -0.05) is 0 Å². The van der Waals surface area contributed by atoms with E-state index in [1.54, 1.807) is 7.11 Å². The zero-order chi connectivity index (χ0) is 17.6. The first kappa shape index (κ1) is 17.9. The van der Waals surface area contributed by atoms with Crippen molar-refractivity contribution in [1.29, 1.82) is 0 Å². The fraction of sp³-hybridized carbons (Fsp3) is 0.952. The predicted molar refractivity (Wildman–Crippen MR) is 94.9 cm³/mol. The fourth-order valence-corrected chi connectivity index (χ4v) is 7.54. The van der Waals surface area contributed by atoms with E-state index in [0.29, 0.717) is 24.4 Å². The van der Waals surface area contributed by atoms with Gasteiger partial charge in [-0.2, -0.15) is 0 Å². The highest BCUT2D eigenvalue weighted by Gasteiger charge is 2.54. The number of hydrogen-bond acceptors (Lipinski definition) is 4. The number of ether oxygens (including phenoxy) is 1. The molecule has 0 radical (unpaired) electrons. The summed E-state index contributed by atoms with van der Waals surface area (Å²) in [5, 5.41) is 20.1. The third-order valence-corrected chi connectivity index (χ3v) is 8.40. The second-order valence-electron chi connectivity index (χ2n) is 9.44. The first-order valence-electron chi connectivity index (χ1n) is 10.4. The summed E-state index contributed by atoms with van der Waals surface area (Å²) in [6, 6.07) is 0. The Kier molecular flexibility index (Phi) is 4.98. The Balaban J connectivity index is 1.45. The number of Topliss-reactive ketones (excluding diaryl/α,β-unsaturated/α-hetero) is 1. The highest BCUT2D eigenvalue weighted by Crippen LogP contribution is 2.59. The van der Waals surface area contributed by atoms with Crippen molar-refractivity contribution >= 4 is 5.78 Å². The molecule has 142 valence electrons. The monoisotopic (exact) mass is 350 g/mol. The molecule has 0 aromatic rings. The maximum atomic E-state index is 12.1. The van der Waals surface area contributed by atoms with Crippen LogP contribution in [0.2, 0.25) is 0 Å². The van der Waals surface area contributed by atoms with E-state index in [1.807, 2.05) is 0 Å². The Morgan fingerprint density at radius 3 is 2.36 bits per heavy atom. The van der Waals surface area contributed by atoms with Crippen LogP contribution in [0, 0.1) is 41.4 Å². The van der Waals surface area contributed by atoms with Gasteiger partial charge >= 0.3 is 0 Å². The molecule has 4 fully saturated rings. The van der Waals surface area contributed by atoms with Gasteiger partial charge in [-0.15, -0.1) is 0 Å². The summed E-state index contributed by atoms with van der Waals surface area (Å²) >= 11 is 0. The standard InChI is InChI=1S/C21H34O4/c1-25-12-21(24)9-8-14-13(10-21)2-3-16-15(14)4-5-18-17(16)6-7-19(18)20(23)11-22/h13-19,22,24H,2-12H2,1H3/t13-,14+,15-,16-,17+,18+,19+,21+/m1/s1. The molecule has 0 aliphatic heterocycles. The van der Waals surface area contributed by atoms with Crippen LogP contribution in [0.15, 0.2) is 0 Å². The molecular weight excluding hydrogens is 316 g/mol. The minimum absolute atomic E-state index is 0.0851. The predicted octanol–water partition coefficient (Wildman–Crippen LogP) is 2.80. The molecule has 4 aliphatic carbocycles. The second kappa shape index (κ2) is 6.94. The maximum absolute atomic E-state index is 12.1. The first-order chi connectivity index (χ1) is 12.1. The quantitative estimate of drug-likeness (QED) is 0.818. The molecule has 0 aromatic carbocycles. The van der Waals surface area contributed by atoms with Crippen molar-refractivity contribution in [3.8, 4) is 0 Å². The summed E-state index contributed by atoms with van der Waals surface area (Å²) in [5.74, 6) is 4.47. The van der Waals surface area contributed by atoms with Crippen LogP contribution in [0.1, 0.15) is 57.8 Å². The van der Waals surface area contributed by atoms with Crippen molar-refractivity contribution in [2.24, 2.45) is 41.4 Å². The lowest BCUT2D eigenvalue weighted by atomic mass is 9.52. The molecule has 0 aromatic heterocycles. The van der Waals surface area contributed by atoms with Gasteiger partial charge in [0.25, 0.3) is 0 Å². The molecule has 4 rings (SSSR count). The molecule has 4 nitrogen and oxygen atoms in total. The van der Waals surface area contributed by atoms with Crippen LogP contribution < -0.4 is 0 Å². The summed E-state index contributed by atoms with van der Waals surface area (Å²) in [4.78, 5) is 12.1. The number of methoxy groups -OCH3 is 1. The van der Waals surface area contributed by atoms with Crippen molar-refractivity contribution in [1.82, 2.24) is 0 Å². The zero-order valence-electron chi connectivity index (χ0n) is 15.5. The number of carbonyl (C=O) groups is 1. The second-order valence-corrected chi connectivity index (χ2v) is 9.44. The molecule has 4 saturated carbocycles. The van der Waals surface area contributed by atoms with Gasteiger partial charge in [-0.05, 0) is 93.3 Å². The SMILES string of the molecule is COC[C@]1(O)CC[C@H]2[C@H](CC[C@@H]3[C@@H]2CC[C@H]2[C@H]3CC[C@@H]2C(=O)CO)C1. The number of ketones is 1. The molecular formula is C21H34O4. The number of rotatable bonds is 4. The van der Waals surface area contributed by atoms with E-state index in [2.05, 4.69) is 0 Å². The van der Waals surface area contributed by atoms with Crippen molar-refractivity contribution < 1.29 is 19.7 Å². The molecule has 0 unspecified atom stereocenters. The van der Waals surface area contributed by atoms with Gasteiger partial charge in [-0.25, -0.2) is 0 Å². The third kappa shape index (κ3) is 3.08. The molecule has 0 amide bonds. The van der Waals surface area contributed by atoms with E-state index in [4.69, 9.17) is 4.74 Å². The average molecular weight is 350 g/mol. The summed E-state index contributed by atoms with van der Waals surface area (Å²) < 4.78 is 5.27. The largest absolute Gasteiger partial charge is 0.389 e. The lowest BCUT2D eigenvalue weighted by Crippen LogP contribution is -2.50. The molecule has 0 saturated heterocycles. The van der Waals surface area contributed by atoms with Crippen LogP contribution in [-0.2, 0) is 9.53 Å². The molecule has 0 spiro atoms. The van der Waals surface area contributed by atoms with Gasteiger partial charge in [0.2, 0.25) is 0 Å². The van der Waals surface area contributed by atoms with E-state index in [-0.39, 0.29) is 18.3 Å². The highest BCUT2D eigenvalue weighted by molar-refractivity contribution is 5.82. The number of fused-ring (bicyclic) bond motifs is 5. The first-order valence-corrected chi connectivity index (χ1v) is 10.4. The van der Waals surface area contributed by atoms with Gasteiger partial charge in [0.05, 0.1) is 12.2 Å². The number of hydrogen-bond donors (Lipinski definition) is 2. The zero-order valence-corrected chi connectivity index (χ0v) is 15.5. The van der Waals surface area contributed by atoms with Crippen molar-refractivity contribution in [3.05, 3.63) is 0 Å². The highest BCUT2D eigenvalue weighted by atomic mass is 16.5. The molecule has 25 heavy (non-hydrogen) atoms. The molecule has 8 atom stereocenters. The Morgan fingerprint density at radius 2 is 1.60 bits per heavy atom. The van der Waals surface area contributed by atoms with Crippen molar-refractivity contribution in [3.63, 3.8) is 0 Å². The third-order valence-electron chi connectivity index (χ3n) is 8.40. The minimum atomic E-state index is -0.605. The van der Waals surface area contributed by atoms with E-state index in [9.17, 15) is 15.0 Å². The van der Waals surface area contributed by atoms with E-state index < -0.39 is 5.60 Å². The molecule has 4 aliphatic rings. The summed E-state index contributed by atoms with van der Waals surface area (Å²) in [6.45, 7) is 0.199. The van der Waals surface area contributed by atoms with E-state index in [0.717, 1.165) is 43.4 Å². The number of aliphatic hydroxyl groups is 2. The number of aliphatic hydroxyl groups excluding tert-OH is 1. The van der Waals surface area contributed by atoms with Crippen LogP contribution in [0.4, 0.5) is 0 Å². The lowest BCUT2D eigenvalue weighted by molar-refractivity contribution is -0.130. The lowest BCUT2D eigenvalue weighted by Gasteiger charge is -2.54. The average Bonchev–Trinajstić information content (AvgIpc) is 3.04. The van der Waals surface area contributed by atoms with E-state index >= 15 is 0 Å². The van der Waals surface area contributed by atoms with Crippen LogP contribution in [0.25, 0.3) is 0 Å². The Labute approximate surface area is 151 Å². The molecule has 2 N–H and O–H groups in total. The number of carbonyl (C=O) groups excluding carboxylic acids is 1. The van der Waals surface area contributed by atoms with Crippen LogP contribution >= 0.6 is 0 Å². The molecule has 0 bridgehead atoms. The fourth-order valence-electron chi connectivity index (χ4n) is 7.54. The molecule has 0 heterocycles. The van der Waals surface area contributed by atoms with Gasteiger partial charge in [-0.3, -0.25) is 4.79 Å². The van der Waals surface area contributed by atoms with E-state index in [1.165, 1.54) is 32.1 Å². The normalized spacial score (nSPS) is 49.2.